The van der Waals surface area contributed by atoms with Crippen LogP contribution in [0.1, 0.15) is 42.1 Å². The zero-order valence-corrected chi connectivity index (χ0v) is 21.8. The van der Waals surface area contributed by atoms with Crippen LogP contribution in [0.15, 0.2) is 54.9 Å². The minimum Gasteiger partial charge on any atom is -0.333 e. The minimum atomic E-state index is -4.50. The second kappa shape index (κ2) is 9.27. The zero-order chi connectivity index (χ0) is 27.4. The van der Waals surface area contributed by atoms with Crippen LogP contribution in [0.2, 0.25) is 0 Å². The summed E-state index contributed by atoms with van der Waals surface area (Å²) >= 11 is 0. The van der Waals surface area contributed by atoms with Crippen molar-refractivity contribution in [2.75, 3.05) is 0 Å². The summed E-state index contributed by atoms with van der Waals surface area (Å²) in [6.45, 7) is 6.67. The number of aryl methyl sites for hydroxylation is 3. The molecule has 0 saturated carbocycles. The first-order chi connectivity index (χ1) is 17.9. The molecule has 5 rings (SSSR count). The molecule has 196 valence electrons. The molecule has 0 fully saturated rings. The largest absolute Gasteiger partial charge is 0.434 e. The maximum Gasteiger partial charge on any atom is 0.434 e. The van der Waals surface area contributed by atoms with E-state index < -0.39 is 11.9 Å². The van der Waals surface area contributed by atoms with Crippen LogP contribution < -0.4 is 5.62 Å². The molecule has 0 saturated heterocycles. The smallest absolute Gasteiger partial charge is 0.333 e. The molecule has 0 unspecified atom stereocenters. The Balaban J connectivity index is 1.53. The fourth-order valence-electron chi connectivity index (χ4n) is 4.66. The van der Waals surface area contributed by atoms with Gasteiger partial charge in [-0.1, -0.05) is 55.8 Å². The van der Waals surface area contributed by atoms with Gasteiger partial charge >= 0.3 is 6.18 Å². The third kappa shape index (κ3) is 4.51. The molecule has 0 radical (unpaired) electrons. The van der Waals surface area contributed by atoms with Crippen molar-refractivity contribution in [2.45, 2.75) is 39.4 Å². The van der Waals surface area contributed by atoms with E-state index in [1.54, 1.807) is 37.0 Å². The van der Waals surface area contributed by atoms with E-state index in [9.17, 15) is 13.2 Å². The lowest BCUT2D eigenvalue weighted by molar-refractivity contribution is -0.140. The molecule has 3 aromatic heterocycles. The second-order valence-corrected chi connectivity index (χ2v) is 9.87. The molecule has 10 heteroatoms. The molecule has 0 aliphatic carbocycles. The van der Waals surface area contributed by atoms with Crippen LogP contribution in [-0.4, -0.2) is 28.7 Å². The number of fused-ring (bicyclic) bond motifs is 1. The average Bonchev–Trinajstić information content (AvgIpc) is 3.37. The fourth-order valence-corrected chi connectivity index (χ4v) is 4.66. The van der Waals surface area contributed by atoms with E-state index in [4.69, 9.17) is 10.4 Å². The van der Waals surface area contributed by atoms with Crippen molar-refractivity contribution in [3.05, 3.63) is 82.9 Å². The van der Waals surface area contributed by atoms with Gasteiger partial charge in [-0.2, -0.15) is 13.2 Å². The monoisotopic (exact) mass is 519 g/mol. The predicted octanol–water partition coefficient (Wildman–Crippen LogP) is 5.82. The number of benzene rings is 2. The number of nitrogens with zero attached hydrogens (tertiary/aromatic N) is 6. The van der Waals surface area contributed by atoms with Crippen LogP contribution in [0, 0.1) is 12.3 Å². The van der Waals surface area contributed by atoms with Gasteiger partial charge in [0.2, 0.25) is 5.62 Å². The summed E-state index contributed by atoms with van der Waals surface area (Å²) in [6.07, 6.45) is -1.76. The molecule has 0 aliphatic rings. The number of aromatic nitrogens is 6. The Hall–Kier alpha value is -4.21. The van der Waals surface area contributed by atoms with Gasteiger partial charge in [-0.15, -0.1) is 0 Å². The van der Waals surface area contributed by atoms with E-state index in [2.05, 4.69) is 42.0 Å². The first-order valence-corrected chi connectivity index (χ1v) is 12.2. The van der Waals surface area contributed by atoms with Crippen LogP contribution in [0.3, 0.4) is 0 Å². The summed E-state index contributed by atoms with van der Waals surface area (Å²) in [7, 11) is 3.35. The molecule has 7 nitrogen and oxygen atoms in total. The van der Waals surface area contributed by atoms with Gasteiger partial charge in [0.25, 0.3) is 0 Å². The molecule has 1 N–H and O–H groups in total. The van der Waals surface area contributed by atoms with Gasteiger partial charge in [0.15, 0.2) is 17.2 Å². The summed E-state index contributed by atoms with van der Waals surface area (Å²) < 4.78 is 44.2. The van der Waals surface area contributed by atoms with E-state index in [-0.39, 0.29) is 11.4 Å². The Labute approximate surface area is 217 Å². The lowest BCUT2D eigenvalue weighted by Gasteiger charge is -2.13. The molecule has 3 heterocycles. The lowest BCUT2D eigenvalue weighted by Crippen LogP contribution is -2.23. The van der Waals surface area contributed by atoms with Crippen LogP contribution in [0.25, 0.3) is 33.9 Å². The maximum absolute atomic E-state index is 13.1. The van der Waals surface area contributed by atoms with Gasteiger partial charge in [0.05, 0.1) is 12.7 Å². The maximum atomic E-state index is 13.1. The highest BCUT2D eigenvalue weighted by molar-refractivity contribution is 5.74. The predicted molar refractivity (Wildman–Crippen MR) is 139 cm³/mol. The van der Waals surface area contributed by atoms with E-state index in [1.165, 1.54) is 4.57 Å². The Morgan fingerprint density at radius 1 is 1.00 bits per heavy atom. The minimum absolute atomic E-state index is 0.236. The number of imidazole rings is 2. The molecule has 2 aromatic carbocycles. The molecular formula is C28H28F3N7. The second-order valence-electron chi connectivity index (χ2n) is 9.87. The standard InChI is InChI=1S/C28H28F3N7/c1-16(2)20-11-6-17(3)12-21(20)24-33-13-22-26(35-24)38(27(32)37(22)5)14-18-7-9-19(10-8-18)25-34-23(15-36(25)4)28(29,30)31/h6-13,15-16,32H,14H2,1-5H3. The number of alkyl halides is 3. The quantitative estimate of drug-likeness (QED) is 0.318. The molecule has 0 amide bonds. The van der Waals surface area contributed by atoms with Gasteiger partial charge in [-0.25, -0.2) is 15.0 Å². The third-order valence-corrected chi connectivity index (χ3v) is 6.73. The van der Waals surface area contributed by atoms with Gasteiger partial charge in [-0.3, -0.25) is 9.98 Å². The molecular weight excluding hydrogens is 491 g/mol. The van der Waals surface area contributed by atoms with E-state index >= 15 is 0 Å². The van der Waals surface area contributed by atoms with Gasteiger partial charge in [0.1, 0.15) is 11.3 Å². The fraction of sp³-hybridized carbons (Fsp3) is 0.286. The van der Waals surface area contributed by atoms with Crippen molar-refractivity contribution in [1.29, 1.82) is 5.41 Å². The summed E-state index contributed by atoms with van der Waals surface area (Å²) in [4.78, 5) is 13.3. The Kier molecular flexibility index (Phi) is 6.21. The van der Waals surface area contributed by atoms with Crippen LogP contribution in [-0.2, 0) is 26.8 Å². The number of nitrogens with one attached hydrogen (secondary N) is 1. The zero-order valence-electron chi connectivity index (χ0n) is 21.8. The van der Waals surface area contributed by atoms with Gasteiger partial charge in [-0.05, 0) is 30.0 Å². The summed E-state index contributed by atoms with van der Waals surface area (Å²) in [5.74, 6) is 1.14. The highest BCUT2D eigenvalue weighted by Gasteiger charge is 2.34. The van der Waals surface area contributed by atoms with Crippen LogP contribution in [0.4, 0.5) is 13.2 Å². The normalized spacial score (nSPS) is 12.1. The molecule has 0 atom stereocenters. The first kappa shape index (κ1) is 25.4. The molecule has 5 aromatic rings. The number of rotatable bonds is 5. The first-order valence-electron chi connectivity index (χ1n) is 12.2. The lowest BCUT2D eigenvalue weighted by atomic mass is 9.95. The number of hydrogen-bond donors (Lipinski definition) is 1. The van der Waals surface area contributed by atoms with E-state index in [0.29, 0.717) is 29.5 Å². The Morgan fingerprint density at radius 3 is 2.34 bits per heavy atom. The summed E-state index contributed by atoms with van der Waals surface area (Å²) in [5.41, 5.74) is 5.42. The third-order valence-electron chi connectivity index (χ3n) is 6.73. The van der Waals surface area contributed by atoms with Crippen molar-refractivity contribution in [2.24, 2.45) is 14.1 Å². The van der Waals surface area contributed by atoms with E-state index in [0.717, 1.165) is 34.0 Å². The highest BCUT2D eigenvalue weighted by Crippen LogP contribution is 2.31. The summed E-state index contributed by atoms with van der Waals surface area (Å²) in [6, 6.07) is 13.4. The molecule has 0 bridgehead atoms. The number of halogens is 3. The SMILES string of the molecule is Cc1ccc(C(C)C)c(-c2ncc3c(n2)n(Cc2ccc(-c4nc(C(F)(F)F)cn4C)cc2)c(=N)n3C)c1. The van der Waals surface area contributed by atoms with E-state index in [1.807, 2.05) is 23.6 Å². The molecule has 38 heavy (non-hydrogen) atoms. The Morgan fingerprint density at radius 2 is 1.71 bits per heavy atom. The van der Waals surface area contributed by atoms with Crippen molar-refractivity contribution in [3.63, 3.8) is 0 Å². The summed E-state index contributed by atoms with van der Waals surface area (Å²) in [5, 5.41) is 8.70. The Bertz CT molecular complexity index is 1700. The van der Waals surface area contributed by atoms with Crippen molar-refractivity contribution < 1.29 is 13.2 Å². The van der Waals surface area contributed by atoms with Crippen molar-refractivity contribution in [1.82, 2.24) is 28.7 Å². The van der Waals surface area contributed by atoms with Crippen molar-refractivity contribution >= 4 is 11.2 Å². The molecule has 0 aliphatic heterocycles. The van der Waals surface area contributed by atoms with Crippen LogP contribution in [0.5, 0.6) is 0 Å². The number of hydrogen-bond acceptors (Lipinski definition) is 4. The molecule has 0 spiro atoms. The highest BCUT2D eigenvalue weighted by atomic mass is 19.4. The van der Waals surface area contributed by atoms with Gasteiger partial charge < -0.3 is 9.13 Å². The average molecular weight is 520 g/mol. The topological polar surface area (TPSA) is 77.3 Å². The van der Waals surface area contributed by atoms with Crippen LogP contribution >= 0.6 is 0 Å². The van der Waals surface area contributed by atoms with Gasteiger partial charge in [0, 0.05) is 31.4 Å². The van der Waals surface area contributed by atoms with Crippen molar-refractivity contribution in [3.8, 4) is 22.8 Å².